The van der Waals surface area contributed by atoms with Gasteiger partial charge in [-0.15, -0.1) is 0 Å². The monoisotopic (exact) mass is 351 g/mol. The number of carbonyl (C=O) groups is 2. The molecule has 0 spiro atoms. The topological polar surface area (TPSA) is 43.9 Å². The fraction of sp³-hybridized carbons (Fsp3) is 0.300. The largest absolute Gasteiger partial charge is 0.274 e. The van der Waals surface area contributed by atoms with Crippen LogP contribution in [0, 0.1) is 11.7 Å². The van der Waals surface area contributed by atoms with E-state index in [4.69, 9.17) is 0 Å². The summed E-state index contributed by atoms with van der Waals surface area (Å²) in [5.41, 5.74) is 1.49. The number of carbonyl (C=O) groups excluding carboxylic acids is 2. The number of hydrazine groups is 1. The van der Waals surface area contributed by atoms with Crippen LogP contribution in [0.5, 0.6) is 0 Å². The van der Waals surface area contributed by atoms with Gasteiger partial charge in [-0.1, -0.05) is 30.3 Å². The second-order valence-corrected chi connectivity index (χ2v) is 6.99. The number of rotatable bonds is 2. The number of imide groups is 1. The van der Waals surface area contributed by atoms with Crippen molar-refractivity contribution in [1.29, 1.82) is 0 Å². The van der Waals surface area contributed by atoms with Gasteiger partial charge < -0.3 is 0 Å². The molecular weight excluding hydrogens is 333 g/mol. The van der Waals surface area contributed by atoms with Crippen molar-refractivity contribution >= 4 is 17.5 Å². The first-order chi connectivity index (χ1) is 12.7. The molecule has 3 atom stereocenters. The smallest absolute Gasteiger partial charge is 0.253 e. The van der Waals surface area contributed by atoms with Gasteiger partial charge in [0.2, 0.25) is 5.91 Å². The lowest BCUT2D eigenvalue weighted by Gasteiger charge is -2.29. The van der Waals surface area contributed by atoms with E-state index < -0.39 is 12.0 Å². The molecule has 0 aliphatic carbocycles. The first-order valence-corrected chi connectivity index (χ1v) is 8.88. The summed E-state index contributed by atoms with van der Waals surface area (Å²) in [7, 11) is 0. The average molecular weight is 351 g/mol. The minimum Gasteiger partial charge on any atom is -0.274 e. The van der Waals surface area contributed by atoms with E-state index in [2.05, 4.69) is 5.01 Å². The second kappa shape index (κ2) is 5.72. The lowest BCUT2D eigenvalue weighted by atomic mass is 9.90. The molecule has 6 heteroatoms. The molecule has 2 aromatic rings. The van der Waals surface area contributed by atoms with Crippen molar-refractivity contribution < 1.29 is 14.0 Å². The Labute approximate surface area is 150 Å². The standard InChI is InChI=1S/C20H18FN3O2/c21-14-9-7-13(8-10-14)17-16-18(23-12-4-11-22(17)23)20(26)24(19(16)25)15-5-2-1-3-6-15/h1-3,5-10,16-18H,4,11-12H2/t16-,17-,18-/m1/s1. The van der Waals surface area contributed by atoms with Crippen molar-refractivity contribution in [3.05, 3.63) is 66.0 Å². The molecule has 0 radical (unpaired) electrons. The highest BCUT2D eigenvalue weighted by Gasteiger charge is 2.62. The third-order valence-corrected chi connectivity index (χ3v) is 5.63. The van der Waals surface area contributed by atoms with Crippen LogP contribution in [0.25, 0.3) is 0 Å². The van der Waals surface area contributed by atoms with Gasteiger partial charge >= 0.3 is 0 Å². The Hall–Kier alpha value is -2.57. The maximum absolute atomic E-state index is 13.4. The lowest BCUT2D eigenvalue weighted by Crippen LogP contribution is -2.44. The van der Waals surface area contributed by atoms with Gasteiger partial charge in [0.15, 0.2) is 0 Å². The minimum absolute atomic E-state index is 0.164. The van der Waals surface area contributed by atoms with E-state index in [0.29, 0.717) is 5.69 Å². The second-order valence-electron chi connectivity index (χ2n) is 6.99. The number of halogens is 1. The van der Waals surface area contributed by atoms with Crippen LogP contribution in [0.4, 0.5) is 10.1 Å². The predicted octanol–water partition coefficient (Wildman–Crippen LogP) is 2.36. The average Bonchev–Trinajstić information content (AvgIpc) is 3.29. The van der Waals surface area contributed by atoms with Gasteiger partial charge in [-0.2, -0.15) is 0 Å². The van der Waals surface area contributed by atoms with Crippen molar-refractivity contribution in [2.45, 2.75) is 18.5 Å². The molecule has 2 aromatic carbocycles. The van der Waals surface area contributed by atoms with Crippen LogP contribution in [0.1, 0.15) is 18.0 Å². The molecule has 2 amide bonds. The molecule has 3 aliphatic rings. The first kappa shape index (κ1) is 15.7. The molecule has 3 heterocycles. The van der Waals surface area contributed by atoms with Crippen molar-refractivity contribution in [1.82, 2.24) is 10.0 Å². The van der Waals surface area contributed by atoms with Gasteiger partial charge in [-0.05, 0) is 36.2 Å². The molecule has 0 saturated carbocycles. The molecule has 0 aromatic heterocycles. The van der Waals surface area contributed by atoms with Gasteiger partial charge in [0, 0.05) is 13.1 Å². The quantitative estimate of drug-likeness (QED) is 0.779. The summed E-state index contributed by atoms with van der Waals surface area (Å²) in [4.78, 5) is 27.7. The molecule has 0 unspecified atom stereocenters. The molecule has 3 aliphatic heterocycles. The van der Waals surface area contributed by atoms with Crippen LogP contribution in [0.2, 0.25) is 0 Å². The zero-order valence-corrected chi connectivity index (χ0v) is 14.1. The highest BCUT2D eigenvalue weighted by Crippen LogP contribution is 2.48. The maximum atomic E-state index is 13.4. The van der Waals surface area contributed by atoms with E-state index in [-0.39, 0.29) is 23.7 Å². The highest BCUT2D eigenvalue weighted by molar-refractivity contribution is 6.24. The number of nitrogens with zero attached hydrogens (tertiary/aromatic N) is 3. The van der Waals surface area contributed by atoms with E-state index in [9.17, 15) is 14.0 Å². The summed E-state index contributed by atoms with van der Waals surface area (Å²) in [6.45, 7) is 1.57. The molecule has 0 bridgehead atoms. The molecule has 5 nitrogen and oxygen atoms in total. The third-order valence-electron chi connectivity index (χ3n) is 5.63. The van der Waals surface area contributed by atoms with Crippen LogP contribution in [-0.2, 0) is 9.59 Å². The van der Waals surface area contributed by atoms with Crippen LogP contribution in [-0.4, -0.2) is 41.0 Å². The van der Waals surface area contributed by atoms with E-state index in [0.717, 1.165) is 25.1 Å². The highest BCUT2D eigenvalue weighted by atomic mass is 19.1. The Bertz CT molecular complexity index is 870. The molecular formula is C20H18FN3O2. The Morgan fingerprint density at radius 1 is 0.808 bits per heavy atom. The normalized spacial score (nSPS) is 28.7. The number of fused-ring (bicyclic) bond motifs is 3. The number of benzene rings is 2. The van der Waals surface area contributed by atoms with E-state index in [1.165, 1.54) is 17.0 Å². The summed E-state index contributed by atoms with van der Waals surface area (Å²) in [5.74, 6) is -1.10. The van der Waals surface area contributed by atoms with Crippen molar-refractivity contribution in [3.8, 4) is 0 Å². The van der Waals surface area contributed by atoms with Crippen molar-refractivity contribution in [2.24, 2.45) is 5.92 Å². The fourth-order valence-electron chi connectivity index (χ4n) is 4.60. The lowest BCUT2D eigenvalue weighted by molar-refractivity contribution is -0.126. The van der Waals surface area contributed by atoms with Gasteiger partial charge in [-0.25, -0.2) is 19.3 Å². The number of anilines is 1. The zero-order chi connectivity index (χ0) is 17.8. The Kier molecular flexibility index (Phi) is 3.45. The number of hydrogen-bond acceptors (Lipinski definition) is 4. The third kappa shape index (κ3) is 2.09. The van der Waals surface area contributed by atoms with Gasteiger partial charge in [0.25, 0.3) is 5.91 Å². The SMILES string of the molecule is O=C1[C@@H]2[C@@H](c3ccc(F)cc3)N3CCCN3[C@H]2C(=O)N1c1ccccc1. The number of amides is 2. The van der Waals surface area contributed by atoms with Crippen LogP contribution in [0.15, 0.2) is 54.6 Å². The van der Waals surface area contributed by atoms with E-state index >= 15 is 0 Å². The fourth-order valence-corrected chi connectivity index (χ4v) is 4.60. The van der Waals surface area contributed by atoms with E-state index in [1.807, 2.05) is 23.2 Å². The van der Waals surface area contributed by atoms with E-state index in [1.54, 1.807) is 24.3 Å². The Morgan fingerprint density at radius 2 is 1.46 bits per heavy atom. The molecule has 0 N–H and O–H groups in total. The van der Waals surface area contributed by atoms with Gasteiger partial charge in [0.1, 0.15) is 11.9 Å². The summed E-state index contributed by atoms with van der Waals surface area (Å²) >= 11 is 0. The predicted molar refractivity (Wildman–Crippen MR) is 93.4 cm³/mol. The van der Waals surface area contributed by atoms with Crippen molar-refractivity contribution in [3.63, 3.8) is 0 Å². The molecule has 5 rings (SSSR count). The molecule has 26 heavy (non-hydrogen) atoms. The van der Waals surface area contributed by atoms with Gasteiger partial charge in [0.05, 0.1) is 17.6 Å². The molecule has 132 valence electrons. The zero-order valence-electron chi connectivity index (χ0n) is 14.1. The molecule has 3 saturated heterocycles. The summed E-state index contributed by atoms with van der Waals surface area (Å²) in [5, 5.41) is 4.17. The summed E-state index contributed by atoms with van der Waals surface area (Å²) in [6.07, 6.45) is 0.952. The summed E-state index contributed by atoms with van der Waals surface area (Å²) in [6, 6.07) is 14.7. The Balaban J connectivity index is 1.59. The van der Waals surface area contributed by atoms with Crippen LogP contribution < -0.4 is 4.90 Å². The number of hydrogen-bond donors (Lipinski definition) is 0. The van der Waals surface area contributed by atoms with Crippen molar-refractivity contribution in [2.75, 3.05) is 18.0 Å². The number of para-hydroxylation sites is 1. The maximum Gasteiger partial charge on any atom is 0.253 e. The minimum atomic E-state index is -0.472. The van der Waals surface area contributed by atoms with Crippen LogP contribution in [0.3, 0.4) is 0 Å². The molecule has 3 fully saturated rings. The summed E-state index contributed by atoms with van der Waals surface area (Å²) < 4.78 is 13.4. The first-order valence-electron chi connectivity index (χ1n) is 8.88. The van der Waals surface area contributed by atoms with Gasteiger partial charge in [-0.3, -0.25) is 9.59 Å². The Morgan fingerprint density at radius 3 is 2.15 bits per heavy atom. The van der Waals surface area contributed by atoms with Crippen LogP contribution >= 0.6 is 0 Å².